The molecule has 0 fully saturated rings. The van der Waals surface area contributed by atoms with Crippen molar-refractivity contribution >= 4 is 16.0 Å². The molecule has 1 aromatic rings. The van der Waals surface area contributed by atoms with Crippen LogP contribution in [-0.2, 0) is 20.6 Å². The molecule has 1 rings (SSSR count). The van der Waals surface area contributed by atoms with E-state index >= 15 is 0 Å². The van der Waals surface area contributed by atoms with Gasteiger partial charge in [-0.25, -0.2) is 22.3 Å². The molecule has 0 saturated heterocycles. The number of nitrogens with one attached hydrogen (secondary N) is 1. The number of aliphatic hydroxyl groups is 1. The molecular formula is C11H14FNO5S. The number of carbonyl (C=O) groups is 1. The summed E-state index contributed by atoms with van der Waals surface area (Å²) >= 11 is 0. The Bertz CT molecular complexity index is 529. The second kappa shape index (κ2) is 6.60. The van der Waals surface area contributed by atoms with E-state index in [9.17, 15) is 17.6 Å². The molecule has 0 unspecified atom stereocenters. The van der Waals surface area contributed by atoms with Crippen molar-refractivity contribution in [2.75, 3.05) is 6.54 Å². The average molecular weight is 291 g/mol. The number of hydrogen-bond donors (Lipinski definition) is 3. The molecule has 0 bridgehead atoms. The van der Waals surface area contributed by atoms with Crippen LogP contribution in [0.5, 0.6) is 0 Å². The van der Waals surface area contributed by atoms with E-state index in [-0.39, 0.29) is 18.7 Å². The normalized spacial score (nSPS) is 13.2. The molecule has 0 heterocycles. The maximum absolute atomic E-state index is 12.6. The Morgan fingerprint density at radius 2 is 1.89 bits per heavy atom. The van der Waals surface area contributed by atoms with Crippen molar-refractivity contribution in [3.63, 3.8) is 0 Å². The van der Waals surface area contributed by atoms with Gasteiger partial charge in [-0.15, -0.1) is 0 Å². The van der Waals surface area contributed by atoms with E-state index in [1.807, 2.05) is 0 Å². The highest BCUT2D eigenvalue weighted by Crippen LogP contribution is 2.06. The number of benzene rings is 1. The van der Waals surface area contributed by atoms with E-state index in [0.29, 0.717) is 5.56 Å². The summed E-state index contributed by atoms with van der Waals surface area (Å²) in [7, 11) is -3.65. The largest absolute Gasteiger partial charge is 0.479 e. The molecule has 0 saturated carbocycles. The van der Waals surface area contributed by atoms with Crippen molar-refractivity contribution in [3.8, 4) is 0 Å². The number of sulfonamides is 1. The first-order valence-corrected chi connectivity index (χ1v) is 7.08. The van der Waals surface area contributed by atoms with E-state index in [0.717, 1.165) is 12.1 Å². The van der Waals surface area contributed by atoms with Crippen molar-refractivity contribution < 1.29 is 27.8 Å². The molecule has 3 N–H and O–H groups in total. The van der Waals surface area contributed by atoms with Crippen LogP contribution in [0.15, 0.2) is 24.3 Å². The minimum Gasteiger partial charge on any atom is -0.479 e. The van der Waals surface area contributed by atoms with E-state index in [2.05, 4.69) is 4.72 Å². The molecule has 106 valence electrons. The molecule has 8 heteroatoms. The Hall–Kier alpha value is -1.51. The first kappa shape index (κ1) is 15.5. The van der Waals surface area contributed by atoms with Crippen molar-refractivity contribution in [1.29, 1.82) is 0 Å². The number of carboxylic acid groups (broad SMARTS) is 1. The van der Waals surface area contributed by atoms with Gasteiger partial charge < -0.3 is 10.2 Å². The van der Waals surface area contributed by atoms with Gasteiger partial charge in [0.2, 0.25) is 10.0 Å². The molecule has 0 radical (unpaired) electrons. The highest BCUT2D eigenvalue weighted by atomic mass is 32.2. The molecule has 0 amide bonds. The quantitative estimate of drug-likeness (QED) is 0.660. The summed E-state index contributed by atoms with van der Waals surface area (Å²) < 4.78 is 38.0. The second-order valence-corrected chi connectivity index (χ2v) is 5.73. The topological polar surface area (TPSA) is 104 Å². The Kier molecular flexibility index (Phi) is 5.40. The Morgan fingerprint density at radius 3 is 2.42 bits per heavy atom. The van der Waals surface area contributed by atoms with Gasteiger partial charge in [-0.3, -0.25) is 0 Å². The zero-order valence-corrected chi connectivity index (χ0v) is 10.7. The summed E-state index contributed by atoms with van der Waals surface area (Å²) in [6.07, 6.45) is -1.83. The fourth-order valence-electron chi connectivity index (χ4n) is 1.33. The van der Waals surface area contributed by atoms with Crippen LogP contribution in [0, 0.1) is 5.82 Å². The van der Waals surface area contributed by atoms with Gasteiger partial charge in [-0.05, 0) is 24.1 Å². The number of halogens is 1. The molecule has 19 heavy (non-hydrogen) atoms. The highest BCUT2D eigenvalue weighted by molar-refractivity contribution is 7.88. The summed E-state index contributed by atoms with van der Waals surface area (Å²) in [6.45, 7) is -0.184. The van der Waals surface area contributed by atoms with Gasteiger partial charge in [0, 0.05) is 6.54 Å². The molecule has 0 spiro atoms. The smallest absolute Gasteiger partial charge is 0.332 e. The Labute approximate surface area is 109 Å². The van der Waals surface area contributed by atoms with Gasteiger partial charge in [0.25, 0.3) is 0 Å². The average Bonchev–Trinajstić information content (AvgIpc) is 2.31. The van der Waals surface area contributed by atoms with Crippen molar-refractivity contribution in [3.05, 3.63) is 35.6 Å². The van der Waals surface area contributed by atoms with Crippen LogP contribution in [0.1, 0.15) is 12.0 Å². The Balaban J connectivity index is 2.48. The van der Waals surface area contributed by atoms with Crippen molar-refractivity contribution in [2.24, 2.45) is 0 Å². The van der Waals surface area contributed by atoms with E-state index in [4.69, 9.17) is 10.2 Å². The van der Waals surface area contributed by atoms with Gasteiger partial charge in [0.1, 0.15) is 5.82 Å². The lowest BCUT2D eigenvalue weighted by Crippen LogP contribution is -2.30. The SMILES string of the molecule is O=C(O)[C@@H](O)CCNS(=O)(=O)Cc1ccc(F)cc1. The summed E-state index contributed by atoms with van der Waals surface area (Å²) in [5.41, 5.74) is 0.410. The lowest BCUT2D eigenvalue weighted by atomic mass is 10.2. The molecule has 6 nitrogen and oxygen atoms in total. The maximum Gasteiger partial charge on any atom is 0.332 e. The summed E-state index contributed by atoms with van der Waals surface area (Å²) in [5, 5.41) is 17.4. The number of rotatable bonds is 7. The predicted octanol–water partition coefficient (Wildman–Crippen LogP) is 0.0807. The zero-order chi connectivity index (χ0) is 14.5. The summed E-state index contributed by atoms with van der Waals surface area (Å²) in [6, 6.07) is 5.00. The standard InChI is InChI=1S/C11H14FNO5S/c12-9-3-1-8(2-4-9)7-19(17,18)13-6-5-10(14)11(15)16/h1-4,10,13-14H,5-7H2,(H,15,16)/t10-/m0/s1. The molecule has 1 atom stereocenters. The van der Waals surface area contributed by atoms with Crippen molar-refractivity contribution in [1.82, 2.24) is 4.72 Å². The second-order valence-electron chi connectivity index (χ2n) is 3.92. The summed E-state index contributed by atoms with van der Waals surface area (Å²) in [5.74, 6) is -2.20. The Morgan fingerprint density at radius 1 is 1.32 bits per heavy atom. The number of hydrogen-bond acceptors (Lipinski definition) is 4. The minimum atomic E-state index is -3.65. The lowest BCUT2D eigenvalue weighted by Gasteiger charge is -2.08. The summed E-state index contributed by atoms with van der Waals surface area (Å²) in [4.78, 5) is 10.3. The molecule has 0 aromatic heterocycles. The van der Waals surface area contributed by atoms with Crippen LogP contribution in [0.3, 0.4) is 0 Å². The van der Waals surface area contributed by atoms with Crippen LogP contribution < -0.4 is 4.72 Å². The van der Waals surface area contributed by atoms with Crippen LogP contribution >= 0.6 is 0 Å². The monoisotopic (exact) mass is 291 g/mol. The van der Waals surface area contributed by atoms with Gasteiger partial charge in [0.05, 0.1) is 5.75 Å². The fourth-order valence-corrected chi connectivity index (χ4v) is 2.49. The van der Waals surface area contributed by atoms with Crippen LogP contribution in [-0.4, -0.2) is 37.2 Å². The van der Waals surface area contributed by atoms with Gasteiger partial charge in [-0.2, -0.15) is 0 Å². The van der Waals surface area contributed by atoms with Crippen LogP contribution in [0.2, 0.25) is 0 Å². The third-order valence-corrected chi connectivity index (χ3v) is 3.65. The number of aliphatic carboxylic acids is 1. The number of aliphatic hydroxyl groups excluding tert-OH is 1. The van der Waals surface area contributed by atoms with Crippen LogP contribution in [0.25, 0.3) is 0 Å². The van der Waals surface area contributed by atoms with Gasteiger partial charge in [0.15, 0.2) is 6.10 Å². The van der Waals surface area contributed by atoms with E-state index < -0.39 is 27.9 Å². The molecule has 1 aromatic carbocycles. The maximum atomic E-state index is 12.6. The first-order chi connectivity index (χ1) is 8.80. The highest BCUT2D eigenvalue weighted by Gasteiger charge is 2.15. The molecular weight excluding hydrogens is 277 g/mol. The third kappa shape index (κ3) is 5.77. The van der Waals surface area contributed by atoms with Gasteiger partial charge >= 0.3 is 5.97 Å². The first-order valence-electron chi connectivity index (χ1n) is 5.43. The third-order valence-electron chi connectivity index (χ3n) is 2.29. The zero-order valence-electron chi connectivity index (χ0n) is 9.91. The molecule has 0 aliphatic carbocycles. The predicted molar refractivity (Wildman–Crippen MR) is 65.3 cm³/mol. The number of carboxylic acids is 1. The lowest BCUT2D eigenvalue weighted by molar-refractivity contribution is -0.146. The molecule has 0 aliphatic rings. The fraction of sp³-hybridized carbons (Fsp3) is 0.364. The van der Waals surface area contributed by atoms with Crippen LogP contribution in [0.4, 0.5) is 4.39 Å². The minimum absolute atomic E-state index is 0.184. The van der Waals surface area contributed by atoms with Gasteiger partial charge in [-0.1, -0.05) is 12.1 Å². The molecule has 0 aliphatic heterocycles. The van der Waals surface area contributed by atoms with E-state index in [1.54, 1.807) is 0 Å². The van der Waals surface area contributed by atoms with Crippen molar-refractivity contribution in [2.45, 2.75) is 18.3 Å². The van der Waals surface area contributed by atoms with E-state index in [1.165, 1.54) is 12.1 Å².